The Kier molecular flexibility index (Phi) is 19.5. The first-order valence-corrected chi connectivity index (χ1v) is 3.61. The first-order valence-electron chi connectivity index (χ1n) is 3.61. The fourth-order valence-corrected chi connectivity index (χ4v) is 0.294. The average molecular weight is 215 g/mol. The van der Waals surface area contributed by atoms with Gasteiger partial charge in [-0.25, -0.2) is 0 Å². The molecular weight excluding hydrogens is 200 g/mol. The summed E-state index contributed by atoms with van der Waals surface area (Å²) in [5, 5.41) is 7.99. The molecule has 0 aromatic carbocycles. The van der Waals surface area contributed by atoms with Gasteiger partial charge in [-0.05, 0) is 0 Å². The van der Waals surface area contributed by atoms with Gasteiger partial charge < -0.3 is 12.0 Å². The van der Waals surface area contributed by atoms with Crippen LogP contribution in [0, 0.1) is 6.92 Å². The van der Waals surface area contributed by atoms with Gasteiger partial charge in [0.1, 0.15) is 12.2 Å². The van der Waals surface area contributed by atoms with Crippen molar-refractivity contribution in [3.8, 4) is 0 Å². The Morgan fingerprint density at radius 1 is 1.33 bits per heavy atom. The summed E-state index contributed by atoms with van der Waals surface area (Å²) >= 11 is 0. The predicted molar refractivity (Wildman–Crippen MR) is 43.2 cm³/mol. The number of ketones is 1. The van der Waals surface area contributed by atoms with Crippen molar-refractivity contribution in [1.82, 2.24) is 0 Å². The fourth-order valence-electron chi connectivity index (χ4n) is 0.294. The van der Waals surface area contributed by atoms with Crippen molar-refractivity contribution < 1.29 is 31.8 Å². The molecule has 0 amide bonds. The van der Waals surface area contributed by atoms with Crippen LogP contribution in [0.5, 0.6) is 0 Å². The minimum absolute atomic E-state index is 0. The summed E-state index contributed by atoms with van der Waals surface area (Å²) < 4.78 is 0. The third kappa shape index (κ3) is 22.6. The first kappa shape index (κ1) is 17.7. The molecule has 0 rings (SSSR count). The molecular formula is C8H15FeO3-. The molecule has 0 unspecified atom stereocenters. The smallest absolute Gasteiger partial charge is 0.310 e. The van der Waals surface area contributed by atoms with Gasteiger partial charge in [-0.1, -0.05) is 13.8 Å². The van der Waals surface area contributed by atoms with E-state index in [1.807, 2.05) is 6.92 Å². The molecule has 0 radical (unpaired) electrons. The Hall–Kier alpha value is -0.341. The monoisotopic (exact) mass is 215 g/mol. The van der Waals surface area contributed by atoms with E-state index < -0.39 is 5.97 Å². The molecule has 3 nitrogen and oxygen atoms in total. The number of carboxylic acid groups (broad SMARTS) is 1. The van der Waals surface area contributed by atoms with Crippen LogP contribution in [0.2, 0.25) is 0 Å². The average Bonchev–Trinajstić information content (AvgIpc) is 1.88. The van der Waals surface area contributed by atoms with Gasteiger partial charge in [0.25, 0.3) is 0 Å². The molecule has 0 fully saturated rings. The van der Waals surface area contributed by atoms with Crippen LogP contribution in [0.1, 0.15) is 33.1 Å². The Balaban J connectivity index is -0.000000177. The maximum absolute atomic E-state index is 10.2. The summed E-state index contributed by atoms with van der Waals surface area (Å²) in [5.41, 5.74) is 0. The number of Topliss-reactive ketones (excluding diaryl/α,β-unsaturated/α-hetero) is 1. The van der Waals surface area contributed by atoms with E-state index in [1.54, 1.807) is 6.92 Å². The maximum Gasteiger partial charge on any atom is 0.310 e. The normalized spacial score (nSPS) is 7.25. The van der Waals surface area contributed by atoms with E-state index in [4.69, 9.17) is 5.11 Å². The summed E-state index contributed by atoms with van der Waals surface area (Å²) in [4.78, 5) is 20.0. The van der Waals surface area contributed by atoms with Crippen LogP contribution >= 0.6 is 0 Å². The number of carbonyl (C=O) groups excluding carboxylic acids is 1. The molecule has 12 heavy (non-hydrogen) atoms. The molecule has 0 heterocycles. The summed E-state index contributed by atoms with van der Waals surface area (Å²) in [6, 6.07) is 0. The molecule has 0 aliphatic heterocycles. The third-order valence-corrected chi connectivity index (χ3v) is 0.743. The quantitative estimate of drug-likeness (QED) is 0.442. The van der Waals surface area contributed by atoms with Crippen LogP contribution < -0.4 is 0 Å². The molecule has 0 bridgehead atoms. The van der Waals surface area contributed by atoms with E-state index in [1.165, 1.54) is 0 Å². The van der Waals surface area contributed by atoms with Crippen LogP contribution in [-0.2, 0) is 26.7 Å². The van der Waals surface area contributed by atoms with Crippen molar-refractivity contribution in [1.29, 1.82) is 0 Å². The summed E-state index contributed by atoms with van der Waals surface area (Å²) in [6.07, 6.45) is 0.975. The minimum Gasteiger partial charge on any atom is -0.481 e. The minimum atomic E-state index is -1.04. The Morgan fingerprint density at radius 3 is 1.75 bits per heavy atom. The molecule has 0 spiro atoms. The molecule has 0 aromatic rings. The van der Waals surface area contributed by atoms with Crippen molar-refractivity contribution in [3.63, 3.8) is 0 Å². The van der Waals surface area contributed by atoms with Crippen molar-refractivity contribution in [2.24, 2.45) is 0 Å². The van der Waals surface area contributed by atoms with Gasteiger partial charge in [0, 0.05) is 23.5 Å². The van der Waals surface area contributed by atoms with E-state index in [-0.39, 0.29) is 29.3 Å². The van der Waals surface area contributed by atoms with Gasteiger partial charge in [0.15, 0.2) is 0 Å². The first-order chi connectivity index (χ1) is 5.08. The number of aliphatic carboxylic acids is 1. The second-order valence-corrected chi connectivity index (χ2v) is 1.96. The molecule has 0 aromatic heterocycles. The second kappa shape index (κ2) is 13.3. The van der Waals surface area contributed by atoms with Gasteiger partial charge in [0.05, 0.1) is 0 Å². The number of carboxylic acids is 1. The van der Waals surface area contributed by atoms with Crippen LogP contribution in [0.3, 0.4) is 0 Å². The number of carbonyl (C=O) groups is 2. The molecule has 1 N–H and O–H groups in total. The van der Waals surface area contributed by atoms with Crippen LogP contribution in [0.15, 0.2) is 0 Å². The van der Waals surface area contributed by atoms with Gasteiger partial charge in [-0.3, -0.25) is 9.59 Å². The van der Waals surface area contributed by atoms with Gasteiger partial charge in [0.2, 0.25) is 0 Å². The predicted octanol–water partition coefficient (Wildman–Crippen LogP) is 1.67. The van der Waals surface area contributed by atoms with Crippen molar-refractivity contribution >= 4 is 11.8 Å². The zero-order valence-corrected chi connectivity index (χ0v) is 8.55. The van der Waals surface area contributed by atoms with E-state index >= 15 is 0 Å². The van der Waals surface area contributed by atoms with E-state index in [0.717, 1.165) is 6.42 Å². The molecule has 0 saturated heterocycles. The Bertz CT molecular complexity index is 123. The Labute approximate surface area is 84.0 Å². The standard InChI is InChI=1S/C5H8O3.C3H7.Fe/c1-2-4(6)3-5(7)8;1-3-2;/h2-3H2,1H3,(H,7,8);1,3H2,2H3;/q;-1;. The van der Waals surface area contributed by atoms with E-state index in [2.05, 4.69) is 6.92 Å². The van der Waals surface area contributed by atoms with Gasteiger partial charge in [-0.15, -0.1) is 0 Å². The topological polar surface area (TPSA) is 54.4 Å². The van der Waals surface area contributed by atoms with Crippen molar-refractivity contribution in [2.45, 2.75) is 33.1 Å². The number of hydrogen-bond donors (Lipinski definition) is 1. The largest absolute Gasteiger partial charge is 0.481 e. The van der Waals surface area contributed by atoms with Crippen LogP contribution in [0.25, 0.3) is 0 Å². The summed E-state index contributed by atoms with van der Waals surface area (Å²) in [6.45, 7) is 7.14. The fraction of sp³-hybridized carbons (Fsp3) is 0.625. The summed E-state index contributed by atoms with van der Waals surface area (Å²) in [7, 11) is 0. The Morgan fingerprint density at radius 2 is 1.67 bits per heavy atom. The van der Waals surface area contributed by atoms with E-state index in [9.17, 15) is 9.59 Å². The molecule has 0 aliphatic rings. The van der Waals surface area contributed by atoms with Crippen molar-refractivity contribution in [3.05, 3.63) is 6.92 Å². The zero-order valence-electron chi connectivity index (χ0n) is 7.45. The molecule has 0 saturated carbocycles. The van der Waals surface area contributed by atoms with Gasteiger partial charge >= 0.3 is 5.97 Å². The number of hydrogen-bond acceptors (Lipinski definition) is 2. The van der Waals surface area contributed by atoms with Gasteiger partial charge in [-0.2, -0.15) is 6.42 Å². The van der Waals surface area contributed by atoms with Crippen LogP contribution in [-0.4, -0.2) is 16.9 Å². The maximum atomic E-state index is 10.2. The number of rotatable bonds is 3. The summed E-state index contributed by atoms with van der Waals surface area (Å²) in [5.74, 6) is -1.27. The molecule has 0 atom stereocenters. The molecule has 0 aliphatic carbocycles. The zero-order chi connectivity index (χ0) is 9.28. The van der Waals surface area contributed by atoms with Crippen molar-refractivity contribution in [2.75, 3.05) is 0 Å². The SMILES string of the molecule is CCC(=O)CC(=O)O.[CH2-]CC.[Fe]. The second-order valence-electron chi connectivity index (χ2n) is 1.96. The van der Waals surface area contributed by atoms with Crippen LogP contribution in [0.4, 0.5) is 0 Å². The molecule has 74 valence electrons. The third-order valence-electron chi connectivity index (χ3n) is 0.743. The van der Waals surface area contributed by atoms with E-state index in [0.29, 0.717) is 6.42 Å². The molecule has 4 heteroatoms.